The van der Waals surface area contributed by atoms with Gasteiger partial charge >= 0.3 is 5.69 Å². The molecule has 0 unspecified atom stereocenters. The maximum atomic E-state index is 13.2. The summed E-state index contributed by atoms with van der Waals surface area (Å²) in [5, 5.41) is 7.52. The summed E-state index contributed by atoms with van der Waals surface area (Å²) in [6, 6.07) is 11.8. The zero-order valence-corrected chi connectivity index (χ0v) is 19.1. The number of ether oxygens (including phenoxy) is 1. The fourth-order valence-corrected chi connectivity index (χ4v) is 3.35. The van der Waals surface area contributed by atoms with Crippen molar-refractivity contribution in [3.05, 3.63) is 90.2 Å². The van der Waals surface area contributed by atoms with Crippen molar-refractivity contribution in [2.24, 2.45) is 0 Å². The normalized spacial score (nSPS) is 10.9. The molecule has 0 radical (unpaired) electrons. The molecular formula is C22H22Cl2N4O4. The van der Waals surface area contributed by atoms with Crippen LogP contribution >= 0.6 is 23.2 Å². The number of amides is 1. The van der Waals surface area contributed by atoms with E-state index in [9.17, 15) is 14.4 Å². The number of benzene rings is 2. The summed E-state index contributed by atoms with van der Waals surface area (Å²) in [5.74, 6) is -0.689. The van der Waals surface area contributed by atoms with Gasteiger partial charge in [-0.3, -0.25) is 14.2 Å². The molecule has 0 bridgehead atoms. The third kappa shape index (κ3) is 5.27. The van der Waals surface area contributed by atoms with Gasteiger partial charge in [-0.25, -0.2) is 4.79 Å². The van der Waals surface area contributed by atoms with Crippen LogP contribution in [0.3, 0.4) is 0 Å². The van der Waals surface area contributed by atoms with Gasteiger partial charge in [0.1, 0.15) is 0 Å². The summed E-state index contributed by atoms with van der Waals surface area (Å²) < 4.78 is 6.89. The van der Waals surface area contributed by atoms with Crippen LogP contribution in [0.4, 0.5) is 0 Å². The molecule has 0 saturated heterocycles. The molecule has 10 heteroatoms. The van der Waals surface area contributed by atoms with Crippen molar-refractivity contribution in [1.82, 2.24) is 19.7 Å². The van der Waals surface area contributed by atoms with Gasteiger partial charge in [0.2, 0.25) is 5.69 Å². The molecule has 168 valence electrons. The zero-order chi connectivity index (χ0) is 23.3. The van der Waals surface area contributed by atoms with E-state index in [1.807, 2.05) is 6.92 Å². The molecule has 32 heavy (non-hydrogen) atoms. The van der Waals surface area contributed by atoms with Crippen LogP contribution in [0.1, 0.15) is 28.0 Å². The van der Waals surface area contributed by atoms with Crippen LogP contribution in [0.15, 0.2) is 52.1 Å². The molecule has 0 aliphatic heterocycles. The second kappa shape index (κ2) is 10.6. The average Bonchev–Trinajstić information content (AvgIpc) is 2.77. The number of aromatic nitrogens is 3. The van der Waals surface area contributed by atoms with Gasteiger partial charge in [0.05, 0.1) is 12.2 Å². The zero-order valence-electron chi connectivity index (χ0n) is 17.6. The SMILES string of the molecule is COCCCNC(=O)c1nn(-c2ccc(C)c(Cl)c2)c(=O)n(Cc2ccccc2Cl)c1=O. The van der Waals surface area contributed by atoms with E-state index in [-0.39, 0.29) is 13.1 Å². The Morgan fingerprint density at radius 3 is 2.56 bits per heavy atom. The van der Waals surface area contributed by atoms with E-state index in [0.717, 1.165) is 14.8 Å². The number of hydrogen-bond donors (Lipinski definition) is 1. The number of aryl methyl sites for hydroxylation is 1. The molecule has 1 N–H and O–H groups in total. The van der Waals surface area contributed by atoms with Crippen LogP contribution in [0.5, 0.6) is 0 Å². The summed E-state index contributed by atoms with van der Waals surface area (Å²) in [5.41, 5.74) is -0.249. The molecule has 0 spiro atoms. The number of carbonyl (C=O) groups excluding carboxylic acids is 1. The lowest BCUT2D eigenvalue weighted by molar-refractivity contribution is 0.0938. The van der Waals surface area contributed by atoms with Crippen molar-refractivity contribution < 1.29 is 9.53 Å². The van der Waals surface area contributed by atoms with Gasteiger partial charge < -0.3 is 10.1 Å². The standard InChI is InChI=1S/C22H22Cl2N4O4/c1-14-8-9-16(12-18(14)24)28-22(31)27(13-15-6-3-4-7-17(15)23)21(30)19(26-28)20(29)25-10-5-11-32-2/h3-4,6-9,12H,5,10-11,13H2,1-2H3,(H,25,29). The van der Waals surface area contributed by atoms with E-state index in [4.69, 9.17) is 27.9 Å². The second-order valence-corrected chi connectivity index (χ2v) is 7.88. The largest absolute Gasteiger partial charge is 0.385 e. The van der Waals surface area contributed by atoms with Crippen molar-refractivity contribution in [3.63, 3.8) is 0 Å². The van der Waals surface area contributed by atoms with Gasteiger partial charge in [0.15, 0.2) is 0 Å². The molecular weight excluding hydrogens is 455 g/mol. The number of hydrogen-bond acceptors (Lipinski definition) is 5. The molecule has 0 saturated carbocycles. The van der Waals surface area contributed by atoms with E-state index < -0.39 is 22.9 Å². The topological polar surface area (TPSA) is 95.2 Å². The molecule has 0 atom stereocenters. The number of carbonyl (C=O) groups is 1. The van der Waals surface area contributed by atoms with Gasteiger partial charge in [-0.15, -0.1) is 0 Å². The molecule has 3 aromatic rings. The highest BCUT2D eigenvalue weighted by atomic mass is 35.5. The molecule has 1 heterocycles. The van der Waals surface area contributed by atoms with Crippen molar-refractivity contribution >= 4 is 29.1 Å². The first-order chi connectivity index (χ1) is 15.3. The van der Waals surface area contributed by atoms with E-state index in [2.05, 4.69) is 10.4 Å². The molecule has 8 nitrogen and oxygen atoms in total. The van der Waals surface area contributed by atoms with E-state index in [1.165, 1.54) is 0 Å². The fraction of sp³-hybridized carbons (Fsp3) is 0.273. The van der Waals surface area contributed by atoms with Gasteiger partial charge in [0.25, 0.3) is 11.5 Å². The maximum Gasteiger partial charge on any atom is 0.352 e. The fourth-order valence-electron chi connectivity index (χ4n) is 2.98. The number of halogens is 2. The van der Waals surface area contributed by atoms with Crippen LogP contribution < -0.4 is 16.6 Å². The Bertz CT molecular complexity index is 1250. The van der Waals surface area contributed by atoms with Crippen molar-refractivity contribution in [3.8, 4) is 5.69 Å². The van der Waals surface area contributed by atoms with Crippen LogP contribution in [0, 0.1) is 6.92 Å². The first kappa shape index (κ1) is 23.7. The summed E-state index contributed by atoms with van der Waals surface area (Å²) in [4.78, 5) is 39.0. The highest BCUT2D eigenvalue weighted by Gasteiger charge is 2.21. The molecule has 1 aromatic heterocycles. The minimum absolute atomic E-state index is 0.122. The van der Waals surface area contributed by atoms with Gasteiger partial charge in [-0.1, -0.05) is 47.5 Å². The van der Waals surface area contributed by atoms with Crippen molar-refractivity contribution in [1.29, 1.82) is 0 Å². The molecule has 0 aliphatic rings. The first-order valence-corrected chi connectivity index (χ1v) is 10.6. The summed E-state index contributed by atoms with van der Waals surface area (Å²) in [7, 11) is 1.55. The molecule has 0 fully saturated rings. The van der Waals surface area contributed by atoms with Crippen LogP contribution in [0.25, 0.3) is 5.69 Å². The summed E-state index contributed by atoms with van der Waals surface area (Å²) in [6.07, 6.45) is 0.559. The minimum atomic E-state index is -0.811. The smallest absolute Gasteiger partial charge is 0.352 e. The Balaban J connectivity index is 2.13. The maximum absolute atomic E-state index is 13.2. The van der Waals surface area contributed by atoms with Crippen LogP contribution in [0.2, 0.25) is 10.0 Å². The molecule has 2 aromatic carbocycles. The Morgan fingerprint density at radius 2 is 1.88 bits per heavy atom. The Labute approximate surface area is 194 Å². The van der Waals surface area contributed by atoms with Gasteiger partial charge in [-0.2, -0.15) is 9.78 Å². The predicted octanol–water partition coefficient (Wildman–Crippen LogP) is 2.82. The number of rotatable bonds is 8. The third-order valence-corrected chi connectivity index (χ3v) is 5.55. The van der Waals surface area contributed by atoms with Crippen molar-refractivity contribution in [2.75, 3.05) is 20.3 Å². The average molecular weight is 477 g/mol. The highest BCUT2D eigenvalue weighted by Crippen LogP contribution is 2.18. The third-order valence-electron chi connectivity index (χ3n) is 4.77. The summed E-state index contributed by atoms with van der Waals surface area (Å²) >= 11 is 12.4. The minimum Gasteiger partial charge on any atom is -0.385 e. The first-order valence-electron chi connectivity index (χ1n) is 9.84. The quantitative estimate of drug-likeness (QED) is 0.504. The number of nitrogens with one attached hydrogen (secondary N) is 1. The molecule has 1 amide bonds. The van der Waals surface area contributed by atoms with Crippen molar-refractivity contribution in [2.45, 2.75) is 19.9 Å². The van der Waals surface area contributed by atoms with E-state index in [1.54, 1.807) is 49.6 Å². The second-order valence-electron chi connectivity index (χ2n) is 7.06. The predicted molar refractivity (Wildman–Crippen MR) is 123 cm³/mol. The number of methoxy groups -OCH3 is 1. The lowest BCUT2D eigenvalue weighted by Gasteiger charge is -2.13. The van der Waals surface area contributed by atoms with Crippen LogP contribution in [-0.2, 0) is 11.3 Å². The van der Waals surface area contributed by atoms with Gasteiger partial charge in [0, 0.05) is 30.3 Å². The van der Waals surface area contributed by atoms with Crippen LogP contribution in [-0.4, -0.2) is 40.5 Å². The Kier molecular flexibility index (Phi) is 7.84. The summed E-state index contributed by atoms with van der Waals surface area (Å²) in [6.45, 7) is 2.43. The lowest BCUT2D eigenvalue weighted by atomic mass is 10.2. The highest BCUT2D eigenvalue weighted by molar-refractivity contribution is 6.31. The lowest BCUT2D eigenvalue weighted by Crippen LogP contribution is -2.46. The molecule has 3 rings (SSSR count). The monoisotopic (exact) mass is 476 g/mol. The number of nitrogens with zero attached hydrogens (tertiary/aromatic N) is 3. The molecule has 0 aliphatic carbocycles. The Hall–Kier alpha value is -2.94. The Morgan fingerprint density at radius 1 is 1.12 bits per heavy atom. The van der Waals surface area contributed by atoms with Gasteiger partial charge in [-0.05, 0) is 42.7 Å². The van der Waals surface area contributed by atoms with E-state index in [0.29, 0.717) is 34.3 Å². The van der Waals surface area contributed by atoms with E-state index >= 15 is 0 Å².